The van der Waals surface area contributed by atoms with E-state index >= 15 is 0 Å². The SMILES string of the molecule is O=C(NC(=S)Nc1ccccc1OCC1CCCO1)c1ccc(Br)cc1. The van der Waals surface area contributed by atoms with Crippen LogP contribution in [0.4, 0.5) is 5.69 Å². The van der Waals surface area contributed by atoms with E-state index in [0.717, 1.165) is 23.9 Å². The van der Waals surface area contributed by atoms with Crippen LogP contribution in [0, 0.1) is 0 Å². The summed E-state index contributed by atoms with van der Waals surface area (Å²) < 4.78 is 12.3. The van der Waals surface area contributed by atoms with Crippen molar-refractivity contribution < 1.29 is 14.3 Å². The Morgan fingerprint density at radius 3 is 2.73 bits per heavy atom. The first kappa shape index (κ1) is 18.8. The molecule has 1 aliphatic rings. The van der Waals surface area contributed by atoms with E-state index in [1.807, 2.05) is 24.3 Å². The van der Waals surface area contributed by atoms with E-state index < -0.39 is 0 Å². The molecule has 3 rings (SSSR count). The molecular weight excluding hydrogens is 416 g/mol. The number of nitrogens with one attached hydrogen (secondary N) is 2. The van der Waals surface area contributed by atoms with E-state index in [-0.39, 0.29) is 17.1 Å². The van der Waals surface area contributed by atoms with Gasteiger partial charge in [0.1, 0.15) is 12.4 Å². The molecule has 26 heavy (non-hydrogen) atoms. The molecular formula is C19H19BrN2O3S. The molecule has 5 nitrogen and oxygen atoms in total. The van der Waals surface area contributed by atoms with Crippen molar-refractivity contribution in [2.45, 2.75) is 18.9 Å². The Morgan fingerprint density at radius 1 is 1.23 bits per heavy atom. The molecule has 0 aromatic heterocycles. The predicted molar refractivity (Wildman–Crippen MR) is 109 cm³/mol. The first-order chi connectivity index (χ1) is 12.6. The molecule has 0 aliphatic carbocycles. The van der Waals surface area contributed by atoms with E-state index in [4.69, 9.17) is 21.7 Å². The lowest BCUT2D eigenvalue weighted by Gasteiger charge is -2.16. The summed E-state index contributed by atoms with van der Waals surface area (Å²) in [6, 6.07) is 14.5. The van der Waals surface area contributed by atoms with Gasteiger partial charge in [-0.05, 0) is 61.5 Å². The predicted octanol–water partition coefficient (Wildman–Crippen LogP) is 4.13. The van der Waals surface area contributed by atoms with E-state index in [1.54, 1.807) is 24.3 Å². The van der Waals surface area contributed by atoms with Crippen LogP contribution >= 0.6 is 28.1 Å². The highest BCUT2D eigenvalue weighted by molar-refractivity contribution is 9.10. The smallest absolute Gasteiger partial charge is 0.257 e. The van der Waals surface area contributed by atoms with Crippen LogP contribution < -0.4 is 15.4 Å². The lowest BCUT2D eigenvalue weighted by molar-refractivity contribution is 0.0682. The standard InChI is InChI=1S/C19H19BrN2O3S/c20-14-9-7-13(8-10-14)18(23)22-19(26)21-16-5-1-2-6-17(16)25-12-15-4-3-11-24-15/h1-2,5-10,15H,3-4,11-12H2,(H2,21,22,23,26). The summed E-state index contributed by atoms with van der Waals surface area (Å²) in [6.07, 6.45) is 2.21. The number of para-hydroxylation sites is 2. The van der Waals surface area contributed by atoms with Gasteiger partial charge in [-0.2, -0.15) is 0 Å². The van der Waals surface area contributed by atoms with Crippen molar-refractivity contribution in [1.29, 1.82) is 0 Å². The van der Waals surface area contributed by atoms with Crippen molar-refractivity contribution in [2.24, 2.45) is 0 Å². The number of hydrogen-bond acceptors (Lipinski definition) is 4. The van der Waals surface area contributed by atoms with Crippen molar-refractivity contribution in [2.75, 3.05) is 18.5 Å². The van der Waals surface area contributed by atoms with E-state index in [2.05, 4.69) is 26.6 Å². The fourth-order valence-electron chi connectivity index (χ4n) is 2.58. The number of rotatable bonds is 5. The zero-order chi connectivity index (χ0) is 18.4. The first-order valence-corrected chi connectivity index (χ1v) is 9.53. The first-order valence-electron chi connectivity index (χ1n) is 8.33. The Kier molecular flexibility index (Phi) is 6.60. The second-order valence-corrected chi connectivity index (χ2v) is 7.18. The average molecular weight is 435 g/mol. The topological polar surface area (TPSA) is 59.6 Å². The largest absolute Gasteiger partial charge is 0.489 e. The minimum atomic E-state index is -0.271. The number of halogens is 1. The summed E-state index contributed by atoms with van der Waals surface area (Å²) in [5, 5.41) is 5.91. The second kappa shape index (κ2) is 9.12. The van der Waals surface area contributed by atoms with Gasteiger partial charge in [0.05, 0.1) is 11.8 Å². The van der Waals surface area contributed by atoms with Gasteiger partial charge in [-0.15, -0.1) is 0 Å². The molecule has 2 N–H and O–H groups in total. The second-order valence-electron chi connectivity index (χ2n) is 5.86. The highest BCUT2D eigenvalue weighted by Crippen LogP contribution is 2.25. The van der Waals surface area contributed by atoms with Crippen LogP contribution in [-0.2, 0) is 4.74 Å². The number of carbonyl (C=O) groups excluding carboxylic acids is 1. The molecule has 0 saturated carbocycles. The summed E-state index contributed by atoms with van der Waals surface area (Å²) in [4.78, 5) is 12.2. The third kappa shape index (κ3) is 5.27. The van der Waals surface area contributed by atoms with Gasteiger partial charge >= 0.3 is 0 Å². The molecule has 2 aromatic rings. The number of carbonyl (C=O) groups is 1. The Labute approximate surface area is 166 Å². The highest BCUT2D eigenvalue weighted by Gasteiger charge is 2.17. The van der Waals surface area contributed by atoms with Gasteiger partial charge in [0.25, 0.3) is 5.91 Å². The minimum Gasteiger partial charge on any atom is -0.489 e. The molecule has 1 fully saturated rings. The molecule has 1 saturated heterocycles. The molecule has 1 atom stereocenters. The lowest BCUT2D eigenvalue weighted by Crippen LogP contribution is -2.34. The third-order valence-corrected chi connectivity index (χ3v) is 4.65. The number of thiocarbonyl (C=S) groups is 1. The number of benzene rings is 2. The normalized spacial score (nSPS) is 16.1. The van der Waals surface area contributed by atoms with Crippen LogP contribution in [0.25, 0.3) is 0 Å². The fraction of sp³-hybridized carbons (Fsp3) is 0.263. The van der Waals surface area contributed by atoms with Crippen LogP contribution in [0.15, 0.2) is 53.0 Å². The van der Waals surface area contributed by atoms with Crippen LogP contribution in [0.3, 0.4) is 0 Å². The van der Waals surface area contributed by atoms with Crippen LogP contribution in [0.1, 0.15) is 23.2 Å². The zero-order valence-corrected chi connectivity index (χ0v) is 16.4. The number of anilines is 1. The van der Waals surface area contributed by atoms with Crippen molar-refractivity contribution in [3.8, 4) is 5.75 Å². The van der Waals surface area contributed by atoms with Crippen LogP contribution in [0.5, 0.6) is 5.75 Å². The molecule has 0 radical (unpaired) electrons. The van der Waals surface area contributed by atoms with Gasteiger partial charge in [-0.3, -0.25) is 10.1 Å². The van der Waals surface area contributed by atoms with E-state index in [9.17, 15) is 4.79 Å². The minimum absolute atomic E-state index is 0.132. The van der Waals surface area contributed by atoms with Crippen molar-refractivity contribution >= 4 is 44.9 Å². The summed E-state index contributed by atoms with van der Waals surface area (Å²) in [7, 11) is 0. The molecule has 1 heterocycles. The summed E-state index contributed by atoms with van der Waals surface area (Å²) in [5.74, 6) is 0.399. The number of amides is 1. The zero-order valence-electron chi connectivity index (χ0n) is 14.0. The third-order valence-electron chi connectivity index (χ3n) is 3.92. The fourth-order valence-corrected chi connectivity index (χ4v) is 3.05. The average Bonchev–Trinajstić information content (AvgIpc) is 3.15. The molecule has 2 aromatic carbocycles. The Balaban J connectivity index is 1.58. The Hall–Kier alpha value is -1.96. The maximum absolute atomic E-state index is 12.2. The molecule has 7 heteroatoms. The van der Waals surface area contributed by atoms with Gasteiger partial charge in [0.2, 0.25) is 0 Å². The summed E-state index contributed by atoms with van der Waals surface area (Å²) >= 11 is 8.60. The Morgan fingerprint density at radius 2 is 2.00 bits per heavy atom. The van der Waals surface area contributed by atoms with Gasteiger partial charge in [-0.1, -0.05) is 28.1 Å². The number of ether oxygens (including phenoxy) is 2. The van der Waals surface area contributed by atoms with Gasteiger partial charge < -0.3 is 14.8 Å². The van der Waals surface area contributed by atoms with E-state index in [0.29, 0.717) is 23.6 Å². The summed E-state index contributed by atoms with van der Waals surface area (Å²) in [6.45, 7) is 1.29. The number of hydrogen-bond donors (Lipinski definition) is 2. The maximum atomic E-state index is 12.2. The van der Waals surface area contributed by atoms with E-state index in [1.165, 1.54) is 0 Å². The molecule has 1 aliphatic heterocycles. The van der Waals surface area contributed by atoms with Crippen molar-refractivity contribution in [3.63, 3.8) is 0 Å². The lowest BCUT2D eigenvalue weighted by atomic mass is 10.2. The molecule has 1 amide bonds. The monoisotopic (exact) mass is 434 g/mol. The van der Waals surface area contributed by atoms with Crippen LogP contribution in [0.2, 0.25) is 0 Å². The van der Waals surface area contributed by atoms with Gasteiger partial charge in [0, 0.05) is 16.6 Å². The van der Waals surface area contributed by atoms with Gasteiger partial charge in [-0.25, -0.2) is 0 Å². The highest BCUT2D eigenvalue weighted by atomic mass is 79.9. The van der Waals surface area contributed by atoms with Gasteiger partial charge in [0.15, 0.2) is 5.11 Å². The van der Waals surface area contributed by atoms with Crippen LogP contribution in [-0.4, -0.2) is 30.3 Å². The van der Waals surface area contributed by atoms with Crippen molar-refractivity contribution in [1.82, 2.24) is 5.32 Å². The molecule has 0 bridgehead atoms. The quantitative estimate of drug-likeness (QED) is 0.692. The molecule has 136 valence electrons. The maximum Gasteiger partial charge on any atom is 0.257 e. The molecule has 0 spiro atoms. The summed E-state index contributed by atoms with van der Waals surface area (Å²) in [5.41, 5.74) is 1.23. The Bertz CT molecular complexity index is 777. The molecule has 1 unspecified atom stereocenters. The van der Waals surface area contributed by atoms with Crippen molar-refractivity contribution in [3.05, 3.63) is 58.6 Å².